The zero-order valence-corrected chi connectivity index (χ0v) is 22.6. The van der Waals surface area contributed by atoms with Crippen LogP contribution in [0.3, 0.4) is 0 Å². The van der Waals surface area contributed by atoms with E-state index in [2.05, 4.69) is 63.5 Å². The molecular formula is C25H42IN5O. The Morgan fingerprint density at radius 1 is 1.09 bits per heavy atom. The summed E-state index contributed by atoms with van der Waals surface area (Å²) in [6, 6.07) is 8.80. The molecule has 0 aromatic heterocycles. The number of guanidine groups is 1. The van der Waals surface area contributed by atoms with E-state index >= 15 is 0 Å². The number of aliphatic imine (C=N–C) groups is 1. The summed E-state index contributed by atoms with van der Waals surface area (Å²) in [4.78, 5) is 21.1. The van der Waals surface area contributed by atoms with Crippen molar-refractivity contribution < 1.29 is 4.79 Å². The van der Waals surface area contributed by atoms with Gasteiger partial charge in [-0.25, -0.2) is 0 Å². The Morgan fingerprint density at radius 2 is 1.72 bits per heavy atom. The van der Waals surface area contributed by atoms with Gasteiger partial charge in [0.2, 0.25) is 5.91 Å². The number of piperidine rings is 2. The summed E-state index contributed by atoms with van der Waals surface area (Å²) in [5.74, 6) is 3.14. The molecular weight excluding hydrogens is 513 g/mol. The molecule has 2 aliphatic heterocycles. The van der Waals surface area contributed by atoms with Crippen LogP contribution in [0.15, 0.2) is 29.3 Å². The molecule has 0 bridgehead atoms. The number of amides is 1. The van der Waals surface area contributed by atoms with Gasteiger partial charge in [-0.1, -0.05) is 38.1 Å². The second-order valence-corrected chi connectivity index (χ2v) is 9.62. The number of hydrogen-bond acceptors (Lipinski definition) is 3. The molecule has 2 unspecified atom stereocenters. The van der Waals surface area contributed by atoms with Crippen LogP contribution in [0.25, 0.3) is 0 Å². The highest BCUT2D eigenvalue weighted by Gasteiger charge is 2.24. The van der Waals surface area contributed by atoms with Gasteiger partial charge < -0.3 is 15.5 Å². The molecule has 32 heavy (non-hydrogen) atoms. The fourth-order valence-electron chi connectivity index (χ4n) is 5.27. The monoisotopic (exact) mass is 555 g/mol. The summed E-state index contributed by atoms with van der Waals surface area (Å²) in [6.45, 7) is 10.8. The predicted molar refractivity (Wildman–Crippen MR) is 143 cm³/mol. The minimum Gasteiger partial charge on any atom is -0.359 e. The van der Waals surface area contributed by atoms with Crippen LogP contribution in [0, 0.1) is 17.8 Å². The third kappa shape index (κ3) is 7.90. The quantitative estimate of drug-likeness (QED) is 0.320. The Hall–Kier alpha value is -1.35. The van der Waals surface area contributed by atoms with E-state index in [9.17, 15) is 4.79 Å². The van der Waals surface area contributed by atoms with Crippen LogP contribution in [0.2, 0.25) is 0 Å². The predicted octanol–water partition coefficient (Wildman–Crippen LogP) is 3.71. The second kappa shape index (κ2) is 13.4. The van der Waals surface area contributed by atoms with Gasteiger partial charge in [-0.15, -0.1) is 24.0 Å². The summed E-state index contributed by atoms with van der Waals surface area (Å²) < 4.78 is 0. The van der Waals surface area contributed by atoms with Gasteiger partial charge in [0.1, 0.15) is 0 Å². The van der Waals surface area contributed by atoms with Gasteiger partial charge in [0.05, 0.1) is 0 Å². The fraction of sp³-hybridized carbons (Fsp3) is 0.680. The minimum atomic E-state index is 0. The molecule has 0 saturated carbocycles. The van der Waals surface area contributed by atoms with Crippen molar-refractivity contribution in [3.63, 3.8) is 0 Å². The van der Waals surface area contributed by atoms with Gasteiger partial charge >= 0.3 is 0 Å². The van der Waals surface area contributed by atoms with E-state index < -0.39 is 0 Å². The summed E-state index contributed by atoms with van der Waals surface area (Å²) in [5, 5.41) is 6.34. The molecule has 2 heterocycles. The summed E-state index contributed by atoms with van der Waals surface area (Å²) >= 11 is 0. The van der Waals surface area contributed by atoms with E-state index in [0.717, 1.165) is 56.8 Å². The van der Waals surface area contributed by atoms with Gasteiger partial charge in [0, 0.05) is 59.8 Å². The van der Waals surface area contributed by atoms with Crippen LogP contribution in [0.1, 0.15) is 50.7 Å². The normalized spacial score (nSPS) is 22.9. The number of hydrogen-bond donors (Lipinski definition) is 2. The molecule has 2 N–H and O–H groups in total. The average Bonchev–Trinajstić information content (AvgIpc) is 2.75. The topological polar surface area (TPSA) is 60.0 Å². The maximum absolute atomic E-state index is 11.7. The van der Waals surface area contributed by atoms with E-state index in [4.69, 9.17) is 0 Å². The standard InChI is InChI=1S/C25H41N5O.HI/c1-19-13-20(2)17-29(16-19)18-23-8-6-5-7-22(23)15-28-25(27-4)30-11-9-21(10-12-30)14-24(31)26-3;/h5-8,19-21H,9-18H2,1-4H3,(H,26,31)(H,27,28);1H. The lowest BCUT2D eigenvalue weighted by Gasteiger charge is -2.35. The van der Waals surface area contributed by atoms with Crippen LogP contribution in [0.5, 0.6) is 0 Å². The Balaban J connectivity index is 0.00000363. The molecule has 7 heteroatoms. The molecule has 1 aromatic carbocycles. The minimum absolute atomic E-state index is 0. The number of rotatable bonds is 6. The third-order valence-corrected chi connectivity index (χ3v) is 6.77. The number of benzene rings is 1. The largest absolute Gasteiger partial charge is 0.359 e. The summed E-state index contributed by atoms with van der Waals surface area (Å²) in [6.07, 6.45) is 4.05. The number of carbonyl (C=O) groups excluding carboxylic acids is 1. The molecule has 1 amide bonds. The molecule has 2 saturated heterocycles. The van der Waals surface area contributed by atoms with Crippen LogP contribution in [-0.2, 0) is 17.9 Å². The first-order valence-electron chi connectivity index (χ1n) is 11.9. The van der Waals surface area contributed by atoms with Gasteiger partial charge in [0.25, 0.3) is 0 Å². The lowest BCUT2D eigenvalue weighted by Crippen LogP contribution is -2.46. The van der Waals surface area contributed by atoms with Crippen LogP contribution in [-0.4, -0.2) is 61.9 Å². The lowest BCUT2D eigenvalue weighted by atomic mass is 9.91. The first-order valence-corrected chi connectivity index (χ1v) is 11.9. The van der Waals surface area contributed by atoms with E-state index in [1.54, 1.807) is 7.05 Å². The molecule has 1 aromatic rings. The first kappa shape index (κ1) is 26.9. The van der Waals surface area contributed by atoms with Gasteiger partial charge in [-0.2, -0.15) is 0 Å². The highest BCUT2D eigenvalue weighted by atomic mass is 127. The molecule has 3 rings (SSSR count). The summed E-state index contributed by atoms with van der Waals surface area (Å²) in [5.41, 5.74) is 2.76. The smallest absolute Gasteiger partial charge is 0.220 e. The van der Waals surface area contributed by atoms with Crippen molar-refractivity contribution in [1.29, 1.82) is 0 Å². The number of halogens is 1. The molecule has 0 radical (unpaired) electrons. The lowest BCUT2D eigenvalue weighted by molar-refractivity contribution is -0.121. The Kier molecular flexibility index (Phi) is 11.2. The molecule has 2 atom stereocenters. The van der Waals surface area contributed by atoms with E-state index in [0.29, 0.717) is 12.3 Å². The van der Waals surface area contributed by atoms with Crippen molar-refractivity contribution in [2.75, 3.05) is 40.3 Å². The molecule has 0 aliphatic carbocycles. The van der Waals surface area contributed by atoms with Gasteiger partial charge in [0.15, 0.2) is 5.96 Å². The summed E-state index contributed by atoms with van der Waals surface area (Å²) in [7, 11) is 3.58. The fourth-order valence-corrected chi connectivity index (χ4v) is 5.27. The number of likely N-dealkylation sites (tertiary alicyclic amines) is 2. The average molecular weight is 556 g/mol. The first-order chi connectivity index (χ1) is 15.0. The SMILES string of the molecule is CN=C(NCc1ccccc1CN1CC(C)CC(C)C1)N1CCC(CC(=O)NC)CC1.I. The van der Waals surface area contributed by atoms with Crippen molar-refractivity contribution in [3.05, 3.63) is 35.4 Å². The van der Waals surface area contributed by atoms with Gasteiger partial charge in [-0.3, -0.25) is 14.7 Å². The number of carbonyl (C=O) groups is 1. The number of nitrogens with zero attached hydrogens (tertiary/aromatic N) is 3. The zero-order valence-electron chi connectivity index (χ0n) is 20.3. The van der Waals surface area contributed by atoms with Crippen molar-refractivity contribution in [1.82, 2.24) is 20.4 Å². The van der Waals surface area contributed by atoms with Gasteiger partial charge in [-0.05, 0) is 48.1 Å². The Labute approximate surface area is 211 Å². The van der Waals surface area contributed by atoms with Crippen LogP contribution >= 0.6 is 24.0 Å². The van der Waals surface area contributed by atoms with Crippen LogP contribution < -0.4 is 10.6 Å². The molecule has 6 nitrogen and oxygen atoms in total. The van der Waals surface area contributed by atoms with Crippen LogP contribution in [0.4, 0.5) is 0 Å². The van der Waals surface area contributed by atoms with Crippen molar-refractivity contribution in [2.45, 2.75) is 52.6 Å². The third-order valence-electron chi connectivity index (χ3n) is 6.77. The van der Waals surface area contributed by atoms with Crippen molar-refractivity contribution in [2.24, 2.45) is 22.7 Å². The Morgan fingerprint density at radius 3 is 2.31 bits per heavy atom. The van der Waals surface area contributed by atoms with Crippen molar-refractivity contribution in [3.8, 4) is 0 Å². The molecule has 2 fully saturated rings. The maximum Gasteiger partial charge on any atom is 0.220 e. The highest BCUT2D eigenvalue weighted by Crippen LogP contribution is 2.24. The van der Waals surface area contributed by atoms with Crippen molar-refractivity contribution >= 4 is 35.8 Å². The molecule has 2 aliphatic rings. The van der Waals surface area contributed by atoms with E-state index in [1.807, 2.05) is 7.05 Å². The maximum atomic E-state index is 11.7. The second-order valence-electron chi connectivity index (χ2n) is 9.62. The molecule has 180 valence electrons. The molecule has 0 spiro atoms. The highest BCUT2D eigenvalue weighted by molar-refractivity contribution is 14.0. The van der Waals surface area contributed by atoms with E-state index in [-0.39, 0.29) is 29.9 Å². The Bertz CT molecular complexity index is 738. The zero-order chi connectivity index (χ0) is 22.2. The number of nitrogens with one attached hydrogen (secondary N) is 2. The van der Waals surface area contributed by atoms with E-state index in [1.165, 1.54) is 30.6 Å².